The van der Waals surface area contributed by atoms with Crippen LogP contribution >= 0.6 is 0 Å². The average molecular weight is 308 g/mol. The van der Waals surface area contributed by atoms with Crippen molar-refractivity contribution in [1.29, 1.82) is 0 Å². The van der Waals surface area contributed by atoms with Crippen LogP contribution in [0.2, 0.25) is 0 Å². The zero-order valence-electron chi connectivity index (χ0n) is 13.3. The number of nitrogens with zero attached hydrogens (tertiary/aromatic N) is 2. The van der Waals surface area contributed by atoms with E-state index in [0.29, 0.717) is 13.1 Å². The van der Waals surface area contributed by atoms with Gasteiger partial charge in [-0.3, -0.25) is 9.69 Å². The number of piperidine rings is 1. The van der Waals surface area contributed by atoms with Gasteiger partial charge >= 0.3 is 0 Å². The molecule has 1 saturated heterocycles. The first-order valence-corrected chi connectivity index (χ1v) is 7.88. The van der Waals surface area contributed by atoms with Gasteiger partial charge in [-0.25, -0.2) is 4.39 Å². The van der Waals surface area contributed by atoms with E-state index in [4.69, 9.17) is 0 Å². The van der Waals surface area contributed by atoms with Crippen LogP contribution in [0, 0.1) is 5.82 Å². The Morgan fingerprint density at radius 3 is 2.73 bits per heavy atom. The highest BCUT2D eigenvalue weighted by Gasteiger charge is 2.28. The van der Waals surface area contributed by atoms with Gasteiger partial charge in [0.05, 0.1) is 12.6 Å². The molecule has 1 N–H and O–H groups in total. The summed E-state index contributed by atoms with van der Waals surface area (Å²) in [7, 11) is 1.76. The topological polar surface area (TPSA) is 43.8 Å². The molecule has 2 atom stereocenters. The minimum Gasteiger partial charge on any atom is -0.392 e. The number of aliphatic hydroxyl groups is 1. The maximum atomic E-state index is 12.9. The molecule has 1 aliphatic rings. The normalized spacial score (nSPS) is 20.6. The molecule has 1 fully saturated rings. The zero-order valence-corrected chi connectivity index (χ0v) is 13.3. The van der Waals surface area contributed by atoms with Gasteiger partial charge in [0.15, 0.2) is 0 Å². The Kier molecular flexibility index (Phi) is 5.91. The lowest BCUT2D eigenvalue weighted by Crippen LogP contribution is -2.49. The van der Waals surface area contributed by atoms with Crippen LogP contribution in [0.25, 0.3) is 0 Å². The lowest BCUT2D eigenvalue weighted by atomic mass is 9.98. The second-order valence-electron chi connectivity index (χ2n) is 6.15. The minimum absolute atomic E-state index is 0.0249. The van der Waals surface area contributed by atoms with Crippen LogP contribution in [0.4, 0.5) is 4.39 Å². The number of carbonyl (C=O) groups is 1. The number of rotatable bonds is 5. The van der Waals surface area contributed by atoms with E-state index in [0.717, 1.165) is 31.4 Å². The summed E-state index contributed by atoms with van der Waals surface area (Å²) in [6.07, 6.45) is 2.69. The molecular weight excluding hydrogens is 283 g/mol. The van der Waals surface area contributed by atoms with E-state index < -0.39 is 6.10 Å². The van der Waals surface area contributed by atoms with E-state index in [2.05, 4.69) is 4.90 Å². The lowest BCUT2D eigenvalue weighted by Gasteiger charge is -2.37. The number of likely N-dealkylation sites (N-methyl/N-ethyl adjacent to an activating group) is 1. The van der Waals surface area contributed by atoms with Crippen molar-refractivity contribution in [2.24, 2.45) is 0 Å². The maximum absolute atomic E-state index is 12.9. The fourth-order valence-electron chi connectivity index (χ4n) is 3.01. The third-order valence-corrected chi connectivity index (χ3v) is 4.32. The van der Waals surface area contributed by atoms with Gasteiger partial charge in [-0.15, -0.1) is 0 Å². The Morgan fingerprint density at radius 2 is 2.09 bits per heavy atom. The van der Waals surface area contributed by atoms with Crippen molar-refractivity contribution >= 4 is 5.91 Å². The first-order chi connectivity index (χ1) is 10.5. The van der Waals surface area contributed by atoms with Gasteiger partial charge in [0.2, 0.25) is 5.91 Å². The van der Waals surface area contributed by atoms with Gasteiger partial charge < -0.3 is 10.0 Å². The van der Waals surface area contributed by atoms with Crippen molar-refractivity contribution < 1.29 is 14.3 Å². The van der Waals surface area contributed by atoms with Gasteiger partial charge in [0, 0.05) is 19.6 Å². The van der Waals surface area contributed by atoms with Gasteiger partial charge in [-0.05, 0) is 44.0 Å². The number of hydrogen-bond acceptors (Lipinski definition) is 3. The number of benzene rings is 1. The standard InChI is InChI=1S/C17H25FN2O2/c1-13(21)16-5-3-4-10-20(16)12-17(22)19(2)11-14-6-8-15(18)9-7-14/h6-9,13,16,21H,3-5,10-12H2,1-2H3. The van der Waals surface area contributed by atoms with Crippen molar-refractivity contribution in [3.05, 3.63) is 35.6 Å². The molecule has 4 nitrogen and oxygen atoms in total. The summed E-state index contributed by atoms with van der Waals surface area (Å²) in [4.78, 5) is 16.1. The first-order valence-electron chi connectivity index (χ1n) is 7.88. The van der Waals surface area contributed by atoms with E-state index in [1.54, 1.807) is 31.0 Å². The molecule has 0 radical (unpaired) electrons. The predicted octanol–water partition coefficient (Wildman–Crippen LogP) is 2.02. The van der Waals surface area contributed by atoms with Crippen LogP contribution in [0.1, 0.15) is 31.7 Å². The highest BCUT2D eigenvalue weighted by Crippen LogP contribution is 2.19. The summed E-state index contributed by atoms with van der Waals surface area (Å²) in [6, 6.07) is 6.26. The summed E-state index contributed by atoms with van der Waals surface area (Å²) in [5.41, 5.74) is 0.906. The maximum Gasteiger partial charge on any atom is 0.236 e. The van der Waals surface area contributed by atoms with E-state index >= 15 is 0 Å². The predicted molar refractivity (Wildman–Crippen MR) is 83.8 cm³/mol. The van der Waals surface area contributed by atoms with Crippen LogP contribution in [0.5, 0.6) is 0 Å². The quantitative estimate of drug-likeness (QED) is 0.905. The number of likely N-dealkylation sites (tertiary alicyclic amines) is 1. The Morgan fingerprint density at radius 1 is 1.41 bits per heavy atom. The second kappa shape index (κ2) is 7.70. The third kappa shape index (κ3) is 4.52. The fourth-order valence-corrected chi connectivity index (χ4v) is 3.01. The Labute approximate surface area is 131 Å². The van der Waals surface area contributed by atoms with Gasteiger partial charge in [0.25, 0.3) is 0 Å². The number of carbonyl (C=O) groups excluding carboxylic acids is 1. The largest absolute Gasteiger partial charge is 0.392 e. The van der Waals surface area contributed by atoms with Gasteiger partial charge in [-0.2, -0.15) is 0 Å². The van der Waals surface area contributed by atoms with E-state index in [1.165, 1.54) is 12.1 Å². The number of hydrogen-bond donors (Lipinski definition) is 1. The first kappa shape index (κ1) is 16.9. The molecule has 22 heavy (non-hydrogen) atoms. The third-order valence-electron chi connectivity index (χ3n) is 4.32. The van der Waals surface area contributed by atoms with Crippen molar-refractivity contribution in [3.63, 3.8) is 0 Å². The van der Waals surface area contributed by atoms with Crippen molar-refractivity contribution in [3.8, 4) is 0 Å². The molecule has 0 aromatic heterocycles. The van der Waals surface area contributed by atoms with Crippen molar-refractivity contribution in [1.82, 2.24) is 9.80 Å². The van der Waals surface area contributed by atoms with Crippen LogP contribution in [0.15, 0.2) is 24.3 Å². The molecule has 1 amide bonds. The van der Waals surface area contributed by atoms with Crippen LogP contribution in [0.3, 0.4) is 0 Å². The zero-order chi connectivity index (χ0) is 16.1. The summed E-state index contributed by atoms with van der Waals surface area (Å²) in [5.74, 6) is -0.248. The molecule has 2 unspecified atom stereocenters. The molecule has 0 saturated carbocycles. The fraction of sp³-hybridized carbons (Fsp3) is 0.588. The van der Waals surface area contributed by atoms with Crippen molar-refractivity contribution in [2.75, 3.05) is 20.1 Å². The van der Waals surface area contributed by atoms with Crippen molar-refractivity contribution in [2.45, 2.75) is 44.9 Å². The second-order valence-corrected chi connectivity index (χ2v) is 6.15. The van der Waals surface area contributed by atoms with Crippen LogP contribution in [-0.4, -0.2) is 53.1 Å². The minimum atomic E-state index is -0.421. The molecular formula is C17H25FN2O2. The lowest BCUT2D eigenvalue weighted by molar-refractivity contribution is -0.133. The summed E-state index contributed by atoms with van der Waals surface area (Å²) in [5, 5.41) is 9.86. The van der Waals surface area contributed by atoms with Gasteiger partial charge in [0.1, 0.15) is 5.82 Å². The van der Waals surface area contributed by atoms with Gasteiger partial charge in [-0.1, -0.05) is 18.6 Å². The van der Waals surface area contributed by atoms with Crippen LogP contribution < -0.4 is 0 Å². The summed E-state index contributed by atoms with van der Waals surface area (Å²) in [6.45, 7) is 3.43. The van der Waals surface area contributed by atoms with Crippen LogP contribution in [-0.2, 0) is 11.3 Å². The van der Waals surface area contributed by atoms with E-state index in [9.17, 15) is 14.3 Å². The Hall–Kier alpha value is -1.46. The molecule has 5 heteroatoms. The number of amides is 1. The molecule has 0 aliphatic carbocycles. The Bertz CT molecular complexity index is 490. The summed E-state index contributed by atoms with van der Waals surface area (Å²) < 4.78 is 12.9. The molecule has 0 bridgehead atoms. The molecule has 1 aromatic carbocycles. The smallest absolute Gasteiger partial charge is 0.236 e. The van der Waals surface area contributed by atoms with E-state index in [-0.39, 0.29) is 17.8 Å². The molecule has 1 heterocycles. The Balaban J connectivity index is 1.91. The molecule has 1 aromatic rings. The molecule has 122 valence electrons. The number of halogens is 1. The van der Waals surface area contributed by atoms with E-state index in [1.807, 2.05) is 0 Å². The highest BCUT2D eigenvalue weighted by atomic mass is 19.1. The number of aliphatic hydroxyl groups excluding tert-OH is 1. The SMILES string of the molecule is CC(O)C1CCCCN1CC(=O)N(C)Cc1ccc(F)cc1. The molecule has 1 aliphatic heterocycles. The average Bonchev–Trinajstić information content (AvgIpc) is 2.49. The summed E-state index contributed by atoms with van der Waals surface area (Å²) >= 11 is 0. The highest BCUT2D eigenvalue weighted by molar-refractivity contribution is 5.78. The molecule has 0 spiro atoms. The monoisotopic (exact) mass is 308 g/mol. The molecule has 2 rings (SSSR count).